The van der Waals surface area contributed by atoms with E-state index in [1.165, 1.54) is 49.7 Å². The number of rotatable bonds is 14. The number of halogens is 1. The summed E-state index contributed by atoms with van der Waals surface area (Å²) in [5.41, 5.74) is 4.37. The van der Waals surface area contributed by atoms with Crippen LogP contribution in [0.15, 0.2) is 42.6 Å². The van der Waals surface area contributed by atoms with E-state index in [4.69, 9.17) is 4.98 Å². The van der Waals surface area contributed by atoms with Gasteiger partial charge in [0.15, 0.2) is 0 Å². The van der Waals surface area contributed by atoms with Crippen molar-refractivity contribution in [2.45, 2.75) is 122 Å². The summed E-state index contributed by atoms with van der Waals surface area (Å²) in [5.74, 6) is 0.465. The maximum absolute atomic E-state index is 14.4. The zero-order valence-electron chi connectivity index (χ0n) is 22.1. The highest BCUT2D eigenvalue weighted by Gasteiger charge is 2.37. The molecule has 1 saturated carbocycles. The van der Waals surface area contributed by atoms with Gasteiger partial charge >= 0.3 is 0 Å². The van der Waals surface area contributed by atoms with Crippen molar-refractivity contribution in [3.63, 3.8) is 0 Å². The maximum atomic E-state index is 14.4. The molecule has 0 N–H and O–H groups in total. The van der Waals surface area contributed by atoms with Crippen molar-refractivity contribution in [1.29, 1.82) is 5.26 Å². The standard InChI is InChI=1S/C32H45FN2/c1-3-5-7-8-9-10-11-26-13-18-31(35-24-26)29-16-14-27(15-17-29)28-19-21-32(25-34,22-20-28)23-30(33)12-6-4-2/h13-18,24,28,30H,3-12,19-23H2,1-2H3/t28-,30-,32-/m0/s1. The van der Waals surface area contributed by atoms with Crippen molar-refractivity contribution < 1.29 is 4.39 Å². The van der Waals surface area contributed by atoms with Crippen LogP contribution in [0.25, 0.3) is 11.3 Å². The number of nitriles is 1. The number of alkyl halides is 1. The van der Waals surface area contributed by atoms with Gasteiger partial charge in [0.2, 0.25) is 0 Å². The number of pyridine rings is 1. The minimum absolute atomic E-state index is 0.412. The first-order valence-electron chi connectivity index (χ1n) is 14.2. The normalized spacial score (nSPS) is 20.9. The molecule has 1 heterocycles. The van der Waals surface area contributed by atoms with Crippen molar-refractivity contribution >= 4 is 0 Å². The van der Waals surface area contributed by atoms with E-state index in [-0.39, 0.29) is 0 Å². The fourth-order valence-electron chi connectivity index (χ4n) is 5.60. The summed E-state index contributed by atoms with van der Waals surface area (Å²) in [6, 6.07) is 15.7. The van der Waals surface area contributed by atoms with Gasteiger partial charge in [-0.05, 0) is 74.5 Å². The number of nitrogens with zero attached hydrogens (tertiary/aromatic N) is 2. The Bertz CT molecular complexity index is 889. The Morgan fingerprint density at radius 1 is 0.943 bits per heavy atom. The predicted octanol–water partition coefficient (Wildman–Crippen LogP) is 9.74. The molecule has 0 radical (unpaired) electrons. The third kappa shape index (κ3) is 8.45. The number of aromatic nitrogens is 1. The quantitative estimate of drug-likeness (QED) is 0.254. The van der Waals surface area contributed by atoms with Crippen LogP contribution in [0.4, 0.5) is 4.39 Å². The minimum Gasteiger partial charge on any atom is -0.256 e. The molecule has 1 aliphatic rings. The van der Waals surface area contributed by atoms with Gasteiger partial charge in [0, 0.05) is 11.8 Å². The highest BCUT2D eigenvalue weighted by molar-refractivity contribution is 5.59. The molecule has 2 nitrogen and oxygen atoms in total. The number of benzene rings is 1. The van der Waals surface area contributed by atoms with Crippen LogP contribution in [0.3, 0.4) is 0 Å². The molecule has 3 heteroatoms. The molecule has 0 spiro atoms. The highest BCUT2D eigenvalue weighted by atomic mass is 19.1. The van der Waals surface area contributed by atoms with E-state index >= 15 is 0 Å². The Morgan fingerprint density at radius 2 is 1.63 bits per heavy atom. The van der Waals surface area contributed by atoms with Gasteiger partial charge in [0.1, 0.15) is 6.17 Å². The molecule has 0 amide bonds. The van der Waals surface area contributed by atoms with Crippen LogP contribution in [0, 0.1) is 16.7 Å². The number of unbranched alkanes of at least 4 members (excludes halogenated alkanes) is 6. The maximum Gasteiger partial charge on any atom is 0.102 e. The molecule has 2 aromatic rings. The predicted molar refractivity (Wildman–Crippen MR) is 145 cm³/mol. The lowest BCUT2D eigenvalue weighted by Crippen LogP contribution is -2.28. The third-order valence-corrected chi connectivity index (χ3v) is 7.98. The van der Waals surface area contributed by atoms with E-state index in [2.05, 4.69) is 56.3 Å². The largest absolute Gasteiger partial charge is 0.256 e. The van der Waals surface area contributed by atoms with Crippen LogP contribution in [-0.4, -0.2) is 11.2 Å². The molecular formula is C32H45FN2. The molecule has 1 atom stereocenters. The Kier molecular flexibility index (Phi) is 11.2. The fraction of sp³-hybridized carbons (Fsp3) is 0.625. The molecule has 190 valence electrons. The second-order valence-electron chi connectivity index (χ2n) is 10.8. The Hall–Kier alpha value is -2.21. The molecule has 1 aliphatic carbocycles. The fourth-order valence-corrected chi connectivity index (χ4v) is 5.60. The smallest absolute Gasteiger partial charge is 0.102 e. The van der Waals surface area contributed by atoms with Gasteiger partial charge in [-0.3, -0.25) is 4.98 Å². The number of aryl methyl sites for hydroxylation is 1. The minimum atomic E-state index is -0.838. The zero-order chi connectivity index (χ0) is 24.9. The topological polar surface area (TPSA) is 36.7 Å². The highest BCUT2D eigenvalue weighted by Crippen LogP contribution is 2.46. The Balaban J connectivity index is 1.49. The number of hydrogen-bond donors (Lipinski definition) is 0. The summed E-state index contributed by atoms with van der Waals surface area (Å²) >= 11 is 0. The third-order valence-electron chi connectivity index (χ3n) is 7.98. The van der Waals surface area contributed by atoms with Crippen LogP contribution in [0.1, 0.15) is 121 Å². The zero-order valence-corrected chi connectivity index (χ0v) is 22.1. The Labute approximate surface area is 213 Å². The molecule has 1 aromatic heterocycles. The average molecular weight is 477 g/mol. The van der Waals surface area contributed by atoms with Gasteiger partial charge in [-0.15, -0.1) is 0 Å². The van der Waals surface area contributed by atoms with Crippen LogP contribution in [-0.2, 0) is 6.42 Å². The van der Waals surface area contributed by atoms with E-state index in [1.54, 1.807) is 0 Å². The van der Waals surface area contributed by atoms with Gasteiger partial charge in [0.05, 0.1) is 17.2 Å². The SMILES string of the molecule is CCCCCCCCc1ccc(-c2ccc([C@H]3CC[C@@](C#N)(C[C@@H](F)CCCC)CC3)cc2)nc1. The lowest BCUT2D eigenvalue weighted by molar-refractivity contribution is 0.158. The van der Waals surface area contributed by atoms with Gasteiger partial charge in [-0.25, -0.2) is 4.39 Å². The van der Waals surface area contributed by atoms with Crippen LogP contribution in [0.2, 0.25) is 0 Å². The van der Waals surface area contributed by atoms with E-state index in [0.29, 0.717) is 18.8 Å². The molecule has 0 aliphatic heterocycles. The Morgan fingerprint density at radius 3 is 2.26 bits per heavy atom. The summed E-state index contributed by atoms with van der Waals surface area (Å²) in [7, 11) is 0. The molecule has 1 aromatic carbocycles. The van der Waals surface area contributed by atoms with Gasteiger partial charge in [-0.1, -0.05) is 89.1 Å². The van der Waals surface area contributed by atoms with Crippen molar-refractivity contribution in [3.05, 3.63) is 53.7 Å². The lowest BCUT2D eigenvalue weighted by Gasteiger charge is -2.36. The van der Waals surface area contributed by atoms with Gasteiger partial charge in [-0.2, -0.15) is 5.26 Å². The van der Waals surface area contributed by atoms with Crippen molar-refractivity contribution in [1.82, 2.24) is 4.98 Å². The van der Waals surface area contributed by atoms with Crippen molar-refractivity contribution in [2.24, 2.45) is 5.41 Å². The second kappa shape index (κ2) is 14.4. The van der Waals surface area contributed by atoms with E-state index < -0.39 is 11.6 Å². The molecule has 0 unspecified atom stereocenters. The molecule has 35 heavy (non-hydrogen) atoms. The molecule has 0 bridgehead atoms. The molecule has 3 rings (SSSR count). The number of hydrogen-bond acceptors (Lipinski definition) is 2. The van der Waals surface area contributed by atoms with Crippen LogP contribution in [0.5, 0.6) is 0 Å². The van der Waals surface area contributed by atoms with Gasteiger partial charge < -0.3 is 0 Å². The van der Waals surface area contributed by atoms with E-state index in [0.717, 1.165) is 56.2 Å². The molecule has 0 saturated heterocycles. The first kappa shape index (κ1) is 27.4. The first-order chi connectivity index (χ1) is 17.1. The summed E-state index contributed by atoms with van der Waals surface area (Å²) in [6.07, 6.45) is 16.7. The van der Waals surface area contributed by atoms with Gasteiger partial charge in [0.25, 0.3) is 0 Å². The summed E-state index contributed by atoms with van der Waals surface area (Å²) in [4.78, 5) is 4.73. The van der Waals surface area contributed by atoms with Crippen molar-refractivity contribution in [2.75, 3.05) is 0 Å². The van der Waals surface area contributed by atoms with Crippen LogP contribution >= 0.6 is 0 Å². The molecule has 1 fully saturated rings. The lowest BCUT2D eigenvalue weighted by atomic mass is 9.67. The summed E-state index contributed by atoms with van der Waals surface area (Å²) in [6.45, 7) is 4.35. The van der Waals surface area contributed by atoms with Crippen LogP contribution < -0.4 is 0 Å². The summed E-state index contributed by atoms with van der Waals surface area (Å²) < 4.78 is 14.4. The first-order valence-corrected chi connectivity index (χ1v) is 14.2. The average Bonchev–Trinajstić information content (AvgIpc) is 2.90. The molecular weight excluding hydrogens is 431 g/mol. The van der Waals surface area contributed by atoms with E-state index in [1.807, 2.05) is 6.20 Å². The van der Waals surface area contributed by atoms with E-state index in [9.17, 15) is 9.65 Å². The second-order valence-corrected chi connectivity index (χ2v) is 10.8. The summed E-state index contributed by atoms with van der Waals surface area (Å²) in [5, 5.41) is 9.82. The monoisotopic (exact) mass is 476 g/mol. The van der Waals surface area contributed by atoms with Crippen molar-refractivity contribution in [3.8, 4) is 17.3 Å².